The third kappa shape index (κ3) is 3.54. The van der Waals surface area contributed by atoms with Crippen LogP contribution >= 0.6 is 11.8 Å². The lowest BCUT2D eigenvalue weighted by atomic mass is 9.84. The summed E-state index contributed by atoms with van der Waals surface area (Å²) in [6.45, 7) is 5.43. The zero-order valence-corrected chi connectivity index (χ0v) is 17.4. The van der Waals surface area contributed by atoms with Gasteiger partial charge in [0.15, 0.2) is 5.17 Å². The number of pyridine rings is 1. The second kappa shape index (κ2) is 7.39. The van der Waals surface area contributed by atoms with Gasteiger partial charge >= 0.3 is 0 Å². The quantitative estimate of drug-likeness (QED) is 0.623. The van der Waals surface area contributed by atoms with E-state index in [0.717, 1.165) is 17.3 Å². The molecule has 1 aliphatic heterocycles. The number of aryl methyl sites for hydroxylation is 2. The maximum atomic E-state index is 15.0. The first-order valence-electron chi connectivity index (χ1n) is 9.26. The number of hydrogen-bond donors (Lipinski definition) is 2. The van der Waals surface area contributed by atoms with Gasteiger partial charge in [-0.3, -0.25) is 9.98 Å². The molecule has 0 saturated carbocycles. The molecule has 0 radical (unpaired) electrons. The Labute approximate surface area is 176 Å². The van der Waals surface area contributed by atoms with E-state index in [1.165, 1.54) is 36.3 Å². The van der Waals surface area contributed by atoms with Gasteiger partial charge in [0.1, 0.15) is 23.1 Å². The Morgan fingerprint density at radius 2 is 1.97 bits per heavy atom. The van der Waals surface area contributed by atoms with Gasteiger partial charge in [-0.1, -0.05) is 16.9 Å². The van der Waals surface area contributed by atoms with Gasteiger partial charge in [0.2, 0.25) is 0 Å². The van der Waals surface area contributed by atoms with Gasteiger partial charge in [0.25, 0.3) is 0 Å². The van der Waals surface area contributed by atoms with Crippen LogP contribution in [0, 0.1) is 25.5 Å². The van der Waals surface area contributed by atoms with Crippen LogP contribution in [0.2, 0.25) is 0 Å². The van der Waals surface area contributed by atoms with Crippen LogP contribution in [0.4, 0.5) is 8.78 Å². The molecular formula is C21H20F2N4O2S. The van der Waals surface area contributed by atoms with E-state index in [9.17, 15) is 13.9 Å². The standard InChI is InChI=1S/C21H20F2N4O2S/c1-10-19(11(2)29-27-10)18-7-21(3,26-20(24)30-18)15-5-14(16(22)6-17(15)23)12-4-13(28)9-25-8-12/h4-6,8-9,18,28H,7H2,1-3H3,(H2,24,26)/t18-,21+/m0/s1. The highest BCUT2D eigenvalue weighted by atomic mass is 32.2. The van der Waals surface area contributed by atoms with Crippen molar-refractivity contribution >= 4 is 16.9 Å². The molecule has 0 bridgehead atoms. The van der Waals surface area contributed by atoms with Crippen molar-refractivity contribution in [3.05, 3.63) is 64.8 Å². The van der Waals surface area contributed by atoms with Crippen LogP contribution in [-0.4, -0.2) is 20.4 Å². The summed E-state index contributed by atoms with van der Waals surface area (Å²) in [5.41, 5.74) is 7.40. The molecule has 156 valence electrons. The second-order valence-corrected chi connectivity index (χ2v) is 8.74. The second-order valence-electron chi connectivity index (χ2n) is 7.52. The van der Waals surface area contributed by atoms with Crippen LogP contribution < -0.4 is 5.73 Å². The minimum atomic E-state index is -1.03. The van der Waals surface area contributed by atoms with Gasteiger partial charge in [-0.05, 0) is 39.3 Å². The Balaban J connectivity index is 1.82. The number of aliphatic imine (C=N–C) groups is 1. The zero-order chi connectivity index (χ0) is 21.6. The van der Waals surface area contributed by atoms with Crippen molar-refractivity contribution in [1.29, 1.82) is 0 Å². The summed E-state index contributed by atoms with van der Waals surface area (Å²) in [4.78, 5) is 8.41. The summed E-state index contributed by atoms with van der Waals surface area (Å²) >= 11 is 1.37. The number of hydrogen-bond acceptors (Lipinski definition) is 7. The van der Waals surface area contributed by atoms with Crippen molar-refractivity contribution < 1.29 is 18.4 Å². The first kappa shape index (κ1) is 20.3. The van der Waals surface area contributed by atoms with E-state index in [1.54, 1.807) is 6.92 Å². The number of thioether (sulfide) groups is 1. The number of nitrogens with zero attached hydrogens (tertiary/aromatic N) is 3. The third-order valence-electron chi connectivity index (χ3n) is 5.29. The molecule has 3 aromatic rings. The molecule has 1 aromatic carbocycles. The van der Waals surface area contributed by atoms with E-state index < -0.39 is 17.2 Å². The van der Waals surface area contributed by atoms with E-state index in [1.807, 2.05) is 13.8 Å². The first-order valence-corrected chi connectivity index (χ1v) is 10.1. The molecule has 0 unspecified atom stereocenters. The highest BCUT2D eigenvalue weighted by Gasteiger charge is 2.39. The summed E-state index contributed by atoms with van der Waals surface area (Å²) in [6, 6.07) is 3.62. The van der Waals surface area contributed by atoms with E-state index in [2.05, 4.69) is 15.1 Å². The monoisotopic (exact) mass is 430 g/mol. The normalized spacial score (nSPS) is 21.5. The fraction of sp³-hybridized carbons (Fsp3) is 0.286. The Kier molecular flexibility index (Phi) is 5.01. The fourth-order valence-electron chi connectivity index (χ4n) is 3.90. The number of halogens is 2. The minimum Gasteiger partial charge on any atom is -0.506 e. The fourth-order valence-corrected chi connectivity index (χ4v) is 5.31. The summed E-state index contributed by atoms with van der Waals surface area (Å²) in [5, 5.41) is 13.9. The van der Waals surface area contributed by atoms with Crippen LogP contribution in [0.25, 0.3) is 11.1 Å². The maximum Gasteiger partial charge on any atom is 0.155 e. The number of amidine groups is 1. The van der Waals surface area contributed by atoms with Crippen molar-refractivity contribution in [2.24, 2.45) is 10.7 Å². The van der Waals surface area contributed by atoms with Crippen LogP contribution in [-0.2, 0) is 5.54 Å². The Hall–Kier alpha value is -2.94. The van der Waals surface area contributed by atoms with Crippen LogP contribution in [0.1, 0.15) is 41.2 Å². The largest absolute Gasteiger partial charge is 0.506 e. The topological polar surface area (TPSA) is 97.5 Å². The molecule has 0 amide bonds. The van der Waals surface area contributed by atoms with Gasteiger partial charge < -0.3 is 15.4 Å². The van der Waals surface area contributed by atoms with E-state index in [0.29, 0.717) is 22.9 Å². The first-order chi connectivity index (χ1) is 14.2. The SMILES string of the molecule is Cc1noc(C)c1[C@@H]1C[C@](C)(c2cc(-c3cncc(O)c3)c(F)cc2F)N=C(N)S1. The van der Waals surface area contributed by atoms with Gasteiger partial charge in [0, 0.05) is 39.8 Å². The maximum absolute atomic E-state index is 15.0. The summed E-state index contributed by atoms with van der Waals surface area (Å²) in [5.74, 6) is -0.906. The number of aromatic hydroxyl groups is 1. The average molecular weight is 430 g/mol. The van der Waals surface area contributed by atoms with Crippen molar-refractivity contribution in [2.75, 3.05) is 0 Å². The lowest BCUT2D eigenvalue weighted by molar-refractivity contribution is 0.389. The van der Waals surface area contributed by atoms with Crippen molar-refractivity contribution in [2.45, 2.75) is 38.0 Å². The number of nitrogens with two attached hydrogens (primary N) is 1. The number of benzene rings is 1. The molecule has 0 aliphatic carbocycles. The molecule has 2 aromatic heterocycles. The lowest BCUT2D eigenvalue weighted by Crippen LogP contribution is -2.31. The molecule has 9 heteroatoms. The summed E-state index contributed by atoms with van der Waals surface area (Å²) < 4.78 is 34.8. The Bertz CT molecular complexity index is 1140. The molecule has 0 saturated heterocycles. The molecule has 4 rings (SSSR count). The third-order valence-corrected chi connectivity index (χ3v) is 6.30. The van der Waals surface area contributed by atoms with Crippen LogP contribution in [0.3, 0.4) is 0 Å². The molecule has 1 aliphatic rings. The van der Waals surface area contributed by atoms with Gasteiger partial charge in [-0.15, -0.1) is 0 Å². The minimum absolute atomic E-state index is 0.112. The summed E-state index contributed by atoms with van der Waals surface area (Å²) in [7, 11) is 0. The number of aromatic nitrogens is 2. The molecular weight excluding hydrogens is 410 g/mol. The van der Waals surface area contributed by atoms with Crippen LogP contribution in [0.15, 0.2) is 40.1 Å². The predicted octanol–water partition coefficient (Wildman–Crippen LogP) is 4.75. The predicted molar refractivity (Wildman–Crippen MR) is 111 cm³/mol. The van der Waals surface area contributed by atoms with E-state index >= 15 is 0 Å². The molecule has 0 fully saturated rings. The van der Waals surface area contributed by atoms with Crippen LogP contribution in [0.5, 0.6) is 5.75 Å². The molecule has 6 nitrogen and oxygen atoms in total. The van der Waals surface area contributed by atoms with Crippen molar-refractivity contribution in [1.82, 2.24) is 10.1 Å². The zero-order valence-electron chi connectivity index (χ0n) is 16.6. The van der Waals surface area contributed by atoms with Crippen molar-refractivity contribution in [3.8, 4) is 16.9 Å². The Morgan fingerprint density at radius 3 is 2.63 bits per heavy atom. The Morgan fingerprint density at radius 1 is 1.20 bits per heavy atom. The molecule has 2 atom stereocenters. The van der Waals surface area contributed by atoms with E-state index in [4.69, 9.17) is 10.3 Å². The number of rotatable bonds is 3. The average Bonchev–Trinajstić information content (AvgIpc) is 2.99. The highest BCUT2D eigenvalue weighted by molar-refractivity contribution is 8.14. The highest BCUT2D eigenvalue weighted by Crippen LogP contribution is 2.49. The van der Waals surface area contributed by atoms with Gasteiger partial charge in [-0.2, -0.15) is 0 Å². The van der Waals surface area contributed by atoms with Gasteiger partial charge in [0.05, 0.1) is 17.4 Å². The van der Waals surface area contributed by atoms with E-state index in [-0.39, 0.29) is 22.1 Å². The summed E-state index contributed by atoms with van der Waals surface area (Å²) in [6.07, 6.45) is 3.06. The molecule has 3 N–H and O–H groups in total. The van der Waals surface area contributed by atoms with Gasteiger partial charge in [-0.25, -0.2) is 8.78 Å². The van der Waals surface area contributed by atoms with Crippen molar-refractivity contribution in [3.63, 3.8) is 0 Å². The molecule has 0 spiro atoms. The molecule has 3 heterocycles. The smallest absolute Gasteiger partial charge is 0.155 e. The lowest BCUT2D eigenvalue weighted by Gasteiger charge is -2.35. The molecule has 30 heavy (non-hydrogen) atoms.